The molecule has 2 aromatic heterocycles. The number of hydrogen-bond donors (Lipinski definition) is 1. The summed E-state index contributed by atoms with van der Waals surface area (Å²) in [6, 6.07) is 7.23. The molecule has 0 aliphatic heterocycles. The van der Waals surface area contributed by atoms with E-state index in [4.69, 9.17) is 23.2 Å². The maximum absolute atomic E-state index is 6.16. The predicted molar refractivity (Wildman–Crippen MR) is 74.1 cm³/mol. The Balaban J connectivity index is 2.26. The number of aromatic nitrogens is 3. The molecule has 0 saturated heterocycles. The SMILES string of the molecule is Cc1ccnc2nc(-c3cc(Cl)ccc3Cl)[nH]c12. The topological polar surface area (TPSA) is 41.6 Å². The maximum atomic E-state index is 6.16. The largest absolute Gasteiger partial charge is 0.336 e. The number of aromatic amines is 1. The van der Waals surface area contributed by atoms with Gasteiger partial charge >= 0.3 is 0 Å². The van der Waals surface area contributed by atoms with Gasteiger partial charge in [-0.1, -0.05) is 23.2 Å². The molecule has 0 aliphatic carbocycles. The van der Waals surface area contributed by atoms with Crippen LogP contribution in [-0.4, -0.2) is 15.0 Å². The van der Waals surface area contributed by atoms with Crippen LogP contribution in [0.2, 0.25) is 10.0 Å². The molecule has 0 saturated carbocycles. The van der Waals surface area contributed by atoms with Crippen molar-refractivity contribution >= 4 is 34.4 Å². The Morgan fingerprint density at radius 3 is 2.78 bits per heavy atom. The Kier molecular flexibility index (Phi) is 2.73. The first-order valence-corrected chi connectivity index (χ1v) is 6.17. The molecule has 0 amide bonds. The summed E-state index contributed by atoms with van der Waals surface area (Å²) in [6.07, 6.45) is 1.74. The fourth-order valence-electron chi connectivity index (χ4n) is 1.84. The molecule has 18 heavy (non-hydrogen) atoms. The van der Waals surface area contributed by atoms with Gasteiger partial charge in [0.15, 0.2) is 5.65 Å². The number of halogens is 2. The fourth-order valence-corrected chi connectivity index (χ4v) is 2.22. The Labute approximate surface area is 114 Å². The first-order chi connectivity index (χ1) is 8.65. The quantitative estimate of drug-likeness (QED) is 0.723. The van der Waals surface area contributed by atoms with Crippen molar-refractivity contribution in [3.63, 3.8) is 0 Å². The predicted octanol–water partition coefficient (Wildman–Crippen LogP) is 4.24. The second kappa shape index (κ2) is 4.26. The van der Waals surface area contributed by atoms with Crippen molar-refractivity contribution in [2.45, 2.75) is 6.92 Å². The van der Waals surface area contributed by atoms with E-state index in [0.717, 1.165) is 16.6 Å². The van der Waals surface area contributed by atoms with Gasteiger partial charge in [0.25, 0.3) is 0 Å². The molecule has 0 unspecified atom stereocenters. The van der Waals surface area contributed by atoms with Crippen LogP contribution in [0.1, 0.15) is 5.56 Å². The number of imidazole rings is 1. The van der Waals surface area contributed by atoms with Gasteiger partial charge in [-0.15, -0.1) is 0 Å². The second-order valence-electron chi connectivity index (χ2n) is 4.04. The highest BCUT2D eigenvalue weighted by atomic mass is 35.5. The number of nitrogens with one attached hydrogen (secondary N) is 1. The van der Waals surface area contributed by atoms with Crippen molar-refractivity contribution in [2.75, 3.05) is 0 Å². The Hall–Kier alpha value is -1.58. The van der Waals surface area contributed by atoms with Gasteiger partial charge in [-0.3, -0.25) is 0 Å². The molecule has 2 heterocycles. The highest BCUT2D eigenvalue weighted by molar-refractivity contribution is 6.35. The molecule has 90 valence electrons. The third kappa shape index (κ3) is 1.85. The molecule has 0 radical (unpaired) electrons. The minimum absolute atomic E-state index is 0.608. The molecular weight excluding hydrogens is 269 g/mol. The van der Waals surface area contributed by atoms with Crippen LogP contribution in [0, 0.1) is 6.92 Å². The van der Waals surface area contributed by atoms with E-state index in [1.54, 1.807) is 24.4 Å². The lowest BCUT2D eigenvalue weighted by molar-refractivity contribution is 1.30. The molecular formula is C13H9Cl2N3. The van der Waals surface area contributed by atoms with E-state index in [-0.39, 0.29) is 0 Å². The smallest absolute Gasteiger partial charge is 0.178 e. The first-order valence-electron chi connectivity index (χ1n) is 5.42. The number of fused-ring (bicyclic) bond motifs is 1. The molecule has 5 heteroatoms. The lowest BCUT2D eigenvalue weighted by Crippen LogP contribution is -1.82. The van der Waals surface area contributed by atoms with Gasteiger partial charge in [-0.2, -0.15) is 0 Å². The molecule has 0 bridgehead atoms. The number of aryl methyl sites for hydroxylation is 1. The van der Waals surface area contributed by atoms with E-state index in [0.29, 0.717) is 21.5 Å². The molecule has 3 aromatic rings. The van der Waals surface area contributed by atoms with Gasteiger partial charge in [0.1, 0.15) is 5.82 Å². The number of benzene rings is 1. The van der Waals surface area contributed by atoms with E-state index < -0.39 is 0 Å². The van der Waals surface area contributed by atoms with E-state index in [2.05, 4.69) is 15.0 Å². The van der Waals surface area contributed by atoms with Crippen LogP contribution >= 0.6 is 23.2 Å². The lowest BCUT2D eigenvalue weighted by Gasteiger charge is -2.00. The van der Waals surface area contributed by atoms with E-state index >= 15 is 0 Å². The normalized spacial score (nSPS) is 11.1. The van der Waals surface area contributed by atoms with Crippen LogP contribution in [0.4, 0.5) is 0 Å². The summed E-state index contributed by atoms with van der Waals surface area (Å²) in [5.41, 5.74) is 3.48. The molecule has 1 N–H and O–H groups in total. The molecule has 0 aliphatic rings. The Morgan fingerprint density at radius 1 is 1.17 bits per heavy atom. The molecule has 0 atom stereocenters. The van der Waals surface area contributed by atoms with Crippen LogP contribution in [0.3, 0.4) is 0 Å². The summed E-state index contributed by atoms with van der Waals surface area (Å²) in [5, 5.41) is 1.23. The second-order valence-corrected chi connectivity index (χ2v) is 4.88. The molecule has 3 nitrogen and oxygen atoms in total. The first kappa shape index (κ1) is 11.5. The summed E-state index contributed by atoms with van der Waals surface area (Å²) in [5.74, 6) is 0.680. The minimum Gasteiger partial charge on any atom is -0.336 e. The average Bonchev–Trinajstić information content (AvgIpc) is 2.77. The maximum Gasteiger partial charge on any atom is 0.178 e. The zero-order valence-corrected chi connectivity index (χ0v) is 11.0. The number of hydrogen-bond acceptors (Lipinski definition) is 2. The van der Waals surface area contributed by atoms with Crippen molar-refractivity contribution in [2.24, 2.45) is 0 Å². The third-order valence-corrected chi connectivity index (χ3v) is 3.35. The van der Waals surface area contributed by atoms with E-state index in [9.17, 15) is 0 Å². The van der Waals surface area contributed by atoms with Crippen molar-refractivity contribution in [3.05, 3.63) is 46.1 Å². The van der Waals surface area contributed by atoms with Crippen molar-refractivity contribution in [1.82, 2.24) is 15.0 Å². The highest BCUT2D eigenvalue weighted by Gasteiger charge is 2.11. The third-order valence-electron chi connectivity index (χ3n) is 2.78. The number of nitrogens with zero attached hydrogens (tertiary/aromatic N) is 2. The number of pyridine rings is 1. The molecule has 1 aromatic carbocycles. The Bertz CT molecular complexity index is 734. The van der Waals surface area contributed by atoms with Crippen molar-refractivity contribution in [3.8, 4) is 11.4 Å². The zero-order chi connectivity index (χ0) is 12.7. The lowest BCUT2D eigenvalue weighted by atomic mass is 10.2. The molecule has 3 rings (SSSR count). The number of H-pyrrole nitrogens is 1. The summed E-state index contributed by atoms with van der Waals surface area (Å²) in [4.78, 5) is 11.9. The standard InChI is InChI=1S/C13H9Cl2N3/c1-7-4-5-16-13-11(7)17-12(18-13)9-6-8(14)2-3-10(9)15/h2-6H,1H3,(H,16,17,18). The van der Waals surface area contributed by atoms with Crippen LogP contribution in [0.25, 0.3) is 22.6 Å². The van der Waals surface area contributed by atoms with Gasteiger partial charge in [0.2, 0.25) is 0 Å². The van der Waals surface area contributed by atoms with Gasteiger partial charge in [-0.05, 0) is 36.8 Å². The fraction of sp³-hybridized carbons (Fsp3) is 0.0769. The van der Waals surface area contributed by atoms with Crippen LogP contribution in [0.15, 0.2) is 30.5 Å². The Morgan fingerprint density at radius 2 is 2.00 bits per heavy atom. The summed E-state index contributed by atoms with van der Waals surface area (Å²) in [6.45, 7) is 2.01. The summed E-state index contributed by atoms with van der Waals surface area (Å²) >= 11 is 12.1. The van der Waals surface area contributed by atoms with E-state index in [1.807, 2.05) is 13.0 Å². The van der Waals surface area contributed by atoms with Crippen molar-refractivity contribution in [1.29, 1.82) is 0 Å². The van der Waals surface area contributed by atoms with Crippen LogP contribution in [0.5, 0.6) is 0 Å². The highest BCUT2D eigenvalue weighted by Crippen LogP contribution is 2.30. The molecule has 0 fully saturated rings. The minimum atomic E-state index is 0.608. The average molecular weight is 278 g/mol. The monoisotopic (exact) mass is 277 g/mol. The van der Waals surface area contributed by atoms with Crippen molar-refractivity contribution < 1.29 is 0 Å². The van der Waals surface area contributed by atoms with Gasteiger partial charge in [-0.25, -0.2) is 9.97 Å². The number of rotatable bonds is 1. The van der Waals surface area contributed by atoms with Crippen LogP contribution < -0.4 is 0 Å². The van der Waals surface area contributed by atoms with E-state index in [1.165, 1.54) is 0 Å². The summed E-state index contributed by atoms with van der Waals surface area (Å²) in [7, 11) is 0. The van der Waals surface area contributed by atoms with Gasteiger partial charge < -0.3 is 4.98 Å². The van der Waals surface area contributed by atoms with Gasteiger partial charge in [0, 0.05) is 16.8 Å². The summed E-state index contributed by atoms with van der Waals surface area (Å²) < 4.78 is 0. The van der Waals surface area contributed by atoms with Crippen LogP contribution in [-0.2, 0) is 0 Å². The van der Waals surface area contributed by atoms with Gasteiger partial charge in [0.05, 0.1) is 10.5 Å². The zero-order valence-electron chi connectivity index (χ0n) is 9.54. The molecule has 0 spiro atoms.